The van der Waals surface area contributed by atoms with Crippen LogP contribution in [0.3, 0.4) is 0 Å². The van der Waals surface area contributed by atoms with E-state index in [1.807, 2.05) is 17.5 Å². The number of carbonyl (C=O) groups is 2. The summed E-state index contributed by atoms with van der Waals surface area (Å²) in [5.74, 6) is -1.46. The van der Waals surface area contributed by atoms with Gasteiger partial charge in [0, 0.05) is 17.3 Å². The molecule has 2 saturated heterocycles. The first-order valence-corrected chi connectivity index (χ1v) is 9.44. The molecule has 10 heteroatoms. The van der Waals surface area contributed by atoms with Crippen molar-refractivity contribution in [2.24, 2.45) is 11.8 Å². The van der Waals surface area contributed by atoms with E-state index in [1.54, 1.807) is 11.3 Å². The van der Waals surface area contributed by atoms with Crippen molar-refractivity contribution >= 4 is 23.2 Å². The molecule has 0 aliphatic carbocycles. The number of hydrogen-bond donors (Lipinski definition) is 2. The number of fused-ring (bicyclic) bond motifs is 1. The molecule has 2 aliphatic heterocycles. The van der Waals surface area contributed by atoms with E-state index in [0.717, 1.165) is 26.1 Å². The van der Waals surface area contributed by atoms with Gasteiger partial charge in [-0.05, 0) is 37.4 Å². The van der Waals surface area contributed by atoms with Crippen LogP contribution in [-0.2, 0) is 20.9 Å². The molecule has 0 spiro atoms. The van der Waals surface area contributed by atoms with E-state index < -0.39 is 12.1 Å². The first kappa shape index (κ1) is 21.6. The molecule has 0 bridgehead atoms. The fourth-order valence-electron chi connectivity index (χ4n) is 3.33. The number of ether oxygens (including phenoxy) is 1. The van der Waals surface area contributed by atoms with E-state index in [1.165, 1.54) is 4.88 Å². The molecular weight excluding hydrogens is 385 g/mol. The average Bonchev–Trinajstić information content (AvgIpc) is 3.22. The second-order valence-corrected chi connectivity index (χ2v) is 7.74. The van der Waals surface area contributed by atoms with Crippen LogP contribution in [0.5, 0.6) is 0 Å². The van der Waals surface area contributed by atoms with Gasteiger partial charge in [0.15, 0.2) is 0 Å². The first-order valence-electron chi connectivity index (χ1n) is 8.56. The van der Waals surface area contributed by atoms with Crippen molar-refractivity contribution in [3.05, 3.63) is 22.4 Å². The molecule has 0 radical (unpaired) electrons. The number of rotatable bonds is 4. The van der Waals surface area contributed by atoms with E-state index in [-0.39, 0.29) is 12.0 Å². The zero-order chi connectivity index (χ0) is 20.0. The van der Waals surface area contributed by atoms with Crippen LogP contribution < -0.4 is 5.32 Å². The van der Waals surface area contributed by atoms with Gasteiger partial charge in [0.25, 0.3) is 0 Å². The molecule has 6 nitrogen and oxygen atoms in total. The number of amides is 1. The minimum atomic E-state index is -5.08. The molecule has 3 rings (SSSR count). The largest absolute Gasteiger partial charge is 0.490 e. The number of thiophene rings is 1. The number of alkyl halides is 3. The van der Waals surface area contributed by atoms with Gasteiger partial charge in [0.1, 0.15) is 0 Å². The van der Waals surface area contributed by atoms with Gasteiger partial charge in [-0.3, -0.25) is 4.79 Å². The van der Waals surface area contributed by atoms with Gasteiger partial charge in [0.2, 0.25) is 5.91 Å². The van der Waals surface area contributed by atoms with Crippen LogP contribution >= 0.6 is 11.3 Å². The maximum Gasteiger partial charge on any atom is 0.490 e. The number of likely N-dealkylation sites (tertiary alicyclic amines) is 1. The van der Waals surface area contributed by atoms with Gasteiger partial charge in [-0.1, -0.05) is 6.07 Å². The van der Waals surface area contributed by atoms with Crippen LogP contribution in [-0.4, -0.2) is 60.9 Å². The number of aliphatic carboxylic acids is 1. The number of carboxylic acid groups (broad SMARTS) is 1. The van der Waals surface area contributed by atoms with Crippen molar-refractivity contribution in [3.8, 4) is 0 Å². The van der Waals surface area contributed by atoms with Gasteiger partial charge in [-0.15, -0.1) is 11.3 Å². The molecule has 0 unspecified atom stereocenters. The molecule has 152 valence electrons. The first-order chi connectivity index (χ1) is 12.7. The van der Waals surface area contributed by atoms with Gasteiger partial charge in [0.05, 0.1) is 25.7 Å². The third-order valence-corrected chi connectivity index (χ3v) is 5.54. The van der Waals surface area contributed by atoms with E-state index in [2.05, 4.69) is 17.3 Å². The zero-order valence-electron chi connectivity index (χ0n) is 14.9. The highest BCUT2D eigenvalue weighted by Crippen LogP contribution is 2.35. The standard InChI is InChI=1S/C15H22N2O2S.C2HF3O2/c1-17-5-4-13-11(9-17)10-19-14(13)7-15(18)16-8-12-3-2-6-20-12;3-2(4,5)1(6)7/h2-3,6,11,13-14H,4-5,7-10H2,1H3,(H,16,18);(H,6,7)/t11-,13-,14-;/m1./s1. The van der Waals surface area contributed by atoms with Gasteiger partial charge in [-0.25, -0.2) is 4.79 Å². The number of piperidine rings is 1. The fourth-order valence-corrected chi connectivity index (χ4v) is 3.98. The highest BCUT2D eigenvalue weighted by Gasteiger charge is 2.40. The van der Waals surface area contributed by atoms with Crippen molar-refractivity contribution in [1.29, 1.82) is 0 Å². The molecule has 0 saturated carbocycles. The summed E-state index contributed by atoms with van der Waals surface area (Å²) >= 11 is 1.67. The highest BCUT2D eigenvalue weighted by molar-refractivity contribution is 7.09. The summed E-state index contributed by atoms with van der Waals surface area (Å²) in [5, 5.41) is 12.2. The lowest BCUT2D eigenvalue weighted by atomic mass is 9.83. The molecule has 0 aromatic carbocycles. The second-order valence-electron chi connectivity index (χ2n) is 6.71. The molecule has 2 N–H and O–H groups in total. The zero-order valence-corrected chi connectivity index (χ0v) is 15.7. The van der Waals surface area contributed by atoms with Crippen LogP contribution in [0, 0.1) is 11.8 Å². The van der Waals surface area contributed by atoms with Crippen molar-refractivity contribution in [2.75, 3.05) is 26.7 Å². The summed E-state index contributed by atoms with van der Waals surface area (Å²) in [6, 6.07) is 4.05. The normalized spacial score (nSPS) is 25.3. The fraction of sp³-hybridized carbons (Fsp3) is 0.647. The van der Waals surface area contributed by atoms with E-state index in [0.29, 0.717) is 24.8 Å². The lowest BCUT2D eigenvalue weighted by Crippen LogP contribution is -2.40. The topological polar surface area (TPSA) is 78.9 Å². The molecule has 1 amide bonds. The Balaban J connectivity index is 0.000000321. The summed E-state index contributed by atoms with van der Waals surface area (Å²) in [7, 11) is 2.16. The summed E-state index contributed by atoms with van der Waals surface area (Å²) in [6.07, 6.45) is -3.29. The molecule has 1 aromatic heterocycles. The van der Waals surface area contributed by atoms with Crippen molar-refractivity contribution in [3.63, 3.8) is 0 Å². The molecule has 27 heavy (non-hydrogen) atoms. The number of nitrogens with one attached hydrogen (secondary N) is 1. The van der Waals surface area contributed by atoms with Crippen LogP contribution in [0.4, 0.5) is 13.2 Å². The summed E-state index contributed by atoms with van der Waals surface area (Å²) < 4.78 is 37.6. The summed E-state index contributed by atoms with van der Waals surface area (Å²) in [6.45, 7) is 3.69. The van der Waals surface area contributed by atoms with Crippen molar-refractivity contribution in [2.45, 2.75) is 31.7 Å². The Morgan fingerprint density at radius 3 is 2.74 bits per heavy atom. The van der Waals surface area contributed by atoms with E-state index in [4.69, 9.17) is 14.6 Å². The second kappa shape index (κ2) is 9.52. The van der Waals surface area contributed by atoms with Crippen LogP contribution in [0.2, 0.25) is 0 Å². The van der Waals surface area contributed by atoms with Gasteiger partial charge in [-0.2, -0.15) is 13.2 Å². The Morgan fingerprint density at radius 1 is 1.44 bits per heavy atom. The van der Waals surface area contributed by atoms with Crippen LogP contribution in [0.1, 0.15) is 17.7 Å². The van der Waals surface area contributed by atoms with Crippen LogP contribution in [0.15, 0.2) is 17.5 Å². The third kappa shape index (κ3) is 6.78. The third-order valence-electron chi connectivity index (χ3n) is 4.67. The number of carboxylic acids is 1. The smallest absolute Gasteiger partial charge is 0.475 e. The van der Waals surface area contributed by atoms with E-state index >= 15 is 0 Å². The monoisotopic (exact) mass is 408 g/mol. The number of nitrogens with zero attached hydrogens (tertiary/aromatic N) is 1. The molecule has 1 aromatic rings. The lowest BCUT2D eigenvalue weighted by Gasteiger charge is -2.33. The highest BCUT2D eigenvalue weighted by atomic mass is 32.1. The number of carbonyl (C=O) groups excluding carboxylic acids is 1. The Kier molecular flexibility index (Phi) is 7.63. The minimum Gasteiger partial charge on any atom is -0.475 e. The minimum absolute atomic E-state index is 0.114. The summed E-state index contributed by atoms with van der Waals surface area (Å²) in [5.41, 5.74) is 0. The predicted molar refractivity (Wildman–Crippen MR) is 93.3 cm³/mol. The summed E-state index contributed by atoms with van der Waals surface area (Å²) in [4.78, 5) is 24.5. The van der Waals surface area contributed by atoms with Gasteiger partial charge >= 0.3 is 12.1 Å². The Labute approximate surface area is 159 Å². The lowest BCUT2D eigenvalue weighted by molar-refractivity contribution is -0.192. The number of halogens is 3. The average molecular weight is 408 g/mol. The maximum atomic E-state index is 12.0. The number of hydrogen-bond acceptors (Lipinski definition) is 5. The van der Waals surface area contributed by atoms with Gasteiger partial charge < -0.3 is 20.1 Å². The molecule has 3 atom stereocenters. The Hall–Kier alpha value is -1.65. The Morgan fingerprint density at radius 2 is 2.15 bits per heavy atom. The predicted octanol–water partition coefficient (Wildman–Crippen LogP) is 2.35. The molecule has 2 aliphatic rings. The van der Waals surface area contributed by atoms with Crippen LogP contribution in [0.25, 0.3) is 0 Å². The maximum absolute atomic E-state index is 12.0. The quantitative estimate of drug-likeness (QED) is 0.800. The Bertz CT molecular complexity index is 624. The molecular formula is C17H23F3N2O4S. The molecule has 2 fully saturated rings. The molecule has 3 heterocycles. The van der Waals surface area contributed by atoms with Crippen molar-refractivity contribution in [1.82, 2.24) is 10.2 Å². The van der Waals surface area contributed by atoms with Crippen molar-refractivity contribution < 1.29 is 32.6 Å². The van der Waals surface area contributed by atoms with E-state index in [9.17, 15) is 18.0 Å². The SMILES string of the molecule is CN1CC[C@@H]2[C@@H](CO[C@@H]2CC(=O)NCc2cccs2)C1.O=C(O)C(F)(F)F.